The highest BCUT2D eigenvalue weighted by Gasteiger charge is 2.16. The molecule has 0 aromatic heterocycles. The summed E-state index contributed by atoms with van der Waals surface area (Å²) in [4.78, 5) is 0. The summed E-state index contributed by atoms with van der Waals surface area (Å²) in [7, 11) is 0. The van der Waals surface area contributed by atoms with E-state index in [4.69, 9.17) is 0 Å². The largest absolute Gasteiger partial charge is 0.266 e. The van der Waals surface area contributed by atoms with Gasteiger partial charge in [-0.1, -0.05) is 33.6 Å². The van der Waals surface area contributed by atoms with Crippen molar-refractivity contribution in [2.75, 3.05) is 0 Å². The summed E-state index contributed by atoms with van der Waals surface area (Å²) in [6.07, 6.45) is 3.70. The van der Waals surface area contributed by atoms with E-state index in [1.165, 1.54) is 0 Å². The first kappa shape index (κ1) is 12.6. The molecule has 0 aromatic rings. The average molecular weight is 190 g/mol. The highest BCUT2D eigenvalue weighted by molar-refractivity contribution is 4.90. The minimum atomic E-state index is -1.51. The smallest absolute Gasteiger partial charge is 0.174 e. The molecule has 0 spiro atoms. The van der Waals surface area contributed by atoms with Crippen LogP contribution in [-0.2, 0) is 0 Å². The SMILES string of the molecule is CC.CC1CCC(C=C(F)F)CC1. The van der Waals surface area contributed by atoms with Crippen molar-refractivity contribution in [2.24, 2.45) is 11.8 Å². The normalized spacial score (nSPS) is 27.2. The fraction of sp³-hybridized carbons (Fsp3) is 0.818. The number of allylic oxidation sites excluding steroid dienone is 1. The molecule has 0 aromatic carbocycles. The zero-order valence-corrected chi connectivity index (χ0v) is 8.82. The number of halogens is 2. The first-order chi connectivity index (χ1) is 6.18. The van der Waals surface area contributed by atoms with Crippen LogP contribution >= 0.6 is 0 Å². The minimum Gasteiger partial charge on any atom is -0.174 e. The molecule has 78 valence electrons. The van der Waals surface area contributed by atoms with Gasteiger partial charge in [0.05, 0.1) is 0 Å². The highest BCUT2D eigenvalue weighted by atomic mass is 19.3. The molecule has 1 saturated carbocycles. The Kier molecular flexibility index (Phi) is 6.83. The molecule has 0 heterocycles. The lowest BCUT2D eigenvalue weighted by molar-refractivity contribution is 0.317. The van der Waals surface area contributed by atoms with Crippen molar-refractivity contribution in [3.63, 3.8) is 0 Å². The van der Waals surface area contributed by atoms with Crippen molar-refractivity contribution in [2.45, 2.75) is 46.5 Å². The molecule has 0 atom stereocenters. The van der Waals surface area contributed by atoms with Gasteiger partial charge in [0.15, 0.2) is 0 Å². The molecular weight excluding hydrogens is 170 g/mol. The van der Waals surface area contributed by atoms with E-state index in [-0.39, 0.29) is 5.92 Å². The summed E-state index contributed by atoms with van der Waals surface area (Å²) in [5, 5.41) is 0. The van der Waals surface area contributed by atoms with Gasteiger partial charge in [-0.15, -0.1) is 0 Å². The molecule has 2 heteroatoms. The molecule has 1 aliphatic rings. The average Bonchev–Trinajstić information content (AvgIpc) is 2.12. The third-order valence-electron chi connectivity index (χ3n) is 2.42. The molecule has 1 rings (SSSR count). The van der Waals surface area contributed by atoms with Crippen LogP contribution < -0.4 is 0 Å². The topological polar surface area (TPSA) is 0 Å². The molecule has 0 radical (unpaired) electrons. The molecular formula is C11H20F2. The molecule has 1 fully saturated rings. The Balaban J connectivity index is 0.000000671. The Morgan fingerprint density at radius 2 is 1.54 bits per heavy atom. The Morgan fingerprint density at radius 3 is 1.92 bits per heavy atom. The lowest BCUT2D eigenvalue weighted by atomic mass is 9.83. The van der Waals surface area contributed by atoms with Gasteiger partial charge in [0.1, 0.15) is 0 Å². The van der Waals surface area contributed by atoms with E-state index >= 15 is 0 Å². The van der Waals surface area contributed by atoms with Gasteiger partial charge >= 0.3 is 0 Å². The summed E-state index contributed by atoms with van der Waals surface area (Å²) < 4.78 is 23.6. The zero-order chi connectivity index (χ0) is 10.3. The maximum Gasteiger partial charge on any atom is 0.266 e. The number of hydrogen-bond donors (Lipinski definition) is 0. The maximum absolute atomic E-state index is 11.8. The van der Waals surface area contributed by atoms with E-state index in [2.05, 4.69) is 6.92 Å². The summed E-state index contributed by atoms with van der Waals surface area (Å²) in [5.41, 5.74) is 0. The van der Waals surface area contributed by atoms with Crippen molar-refractivity contribution in [3.8, 4) is 0 Å². The third-order valence-corrected chi connectivity index (χ3v) is 2.42. The molecule has 0 aliphatic heterocycles. The van der Waals surface area contributed by atoms with E-state index in [9.17, 15) is 8.78 Å². The highest BCUT2D eigenvalue weighted by Crippen LogP contribution is 2.29. The molecule has 1 aliphatic carbocycles. The first-order valence-electron chi connectivity index (χ1n) is 5.21. The van der Waals surface area contributed by atoms with E-state index in [0.717, 1.165) is 37.7 Å². The fourth-order valence-corrected chi connectivity index (χ4v) is 1.63. The van der Waals surface area contributed by atoms with Crippen LogP contribution in [0.25, 0.3) is 0 Å². The Labute approximate surface area is 80.0 Å². The minimum absolute atomic E-state index is 0.149. The Bertz CT molecular complexity index is 140. The quantitative estimate of drug-likeness (QED) is 0.566. The second kappa shape index (κ2) is 7.05. The molecule has 13 heavy (non-hydrogen) atoms. The van der Waals surface area contributed by atoms with Gasteiger partial charge in [0.25, 0.3) is 6.08 Å². The van der Waals surface area contributed by atoms with Crippen LogP contribution in [-0.4, -0.2) is 0 Å². The van der Waals surface area contributed by atoms with Gasteiger partial charge in [-0.05, 0) is 30.8 Å². The summed E-state index contributed by atoms with van der Waals surface area (Å²) in [5.74, 6) is 0.888. The van der Waals surface area contributed by atoms with Crippen LogP contribution in [0.1, 0.15) is 46.5 Å². The van der Waals surface area contributed by atoms with Crippen LogP contribution in [0, 0.1) is 11.8 Å². The molecule has 0 unspecified atom stereocenters. The third kappa shape index (κ3) is 5.78. The predicted molar refractivity (Wildman–Crippen MR) is 52.8 cm³/mol. The van der Waals surface area contributed by atoms with Gasteiger partial charge in [0, 0.05) is 0 Å². The molecule has 0 bridgehead atoms. The van der Waals surface area contributed by atoms with Gasteiger partial charge in [-0.25, -0.2) is 0 Å². The lowest BCUT2D eigenvalue weighted by Gasteiger charge is -2.23. The fourth-order valence-electron chi connectivity index (χ4n) is 1.63. The summed E-state index contributed by atoms with van der Waals surface area (Å²) in [6.45, 7) is 6.19. The van der Waals surface area contributed by atoms with Crippen molar-refractivity contribution in [1.82, 2.24) is 0 Å². The van der Waals surface area contributed by atoms with Crippen molar-refractivity contribution in [3.05, 3.63) is 12.2 Å². The first-order valence-corrected chi connectivity index (χ1v) is 5.21. The zero-order valence-electron chi connectivity index (χ0n) is 8.82. The van der Waals surface area contributed by atoms with Crippen LogP contribution in [0.2, 0.25) is 0 Å². The second-order valence-corrected chi connectivity index (χ2v) is 3.48. The van der Waals surface area contributed by atoms with Gasteiger partial charge in [-0.3, -0.25) is 0 Å². The van der Waals surface area contributed by atoms with Crippen LogP contribution in [0.3, 0.4) is 0 Å². The van der Waals surface area contributed by atoms with Gasteiger partial charge in [-0.2, -0.15) is 8.78 Å². The van der Waals surface area contributed by atoms with Crippen LogP contribution in [0.5, 0.6) is 0 Å². The van der Waals surface area contributed by atoms with Gasteiger partial charge in [0.2, 0.25) is 0 Å². The Hall–Kier alpha value is -0.400. The van der Waals surface area contributed by atoms with Crippen LogP contribution in [0.4, 0.5) is 8.78 Å². The molecule has 0 nitrogen and oxygen atoms in total. The summed E-state index contributed by atoms with van der Waals surface area (Å²) >= 11 is 0. The predicted octanol–water partition coefficient (Wildman–Crippen LogP) is 4.62. The summed E-state index contributed by atoms with van der Waals surface area (Å²) in [6, 6.07) is 0. The van der Waals surface area contributed by atoms with Crippen LogP contribution in [0.15, 0.2) is 12.2 Å². The van der Waals surface area contributed by atoms with E-state index in [1.807, 2.05) is 13.8 Å². The molecule has 0 N–H and O–H groups in total. The van der Waals surface area contributed by atoms with Crippen molar-refractivity contribution < 1.29 is 8.78 Å². The maximum atomic E-state index is 11.8. The van der Waals surface area contributed by atoms with Crippen molar-refractivity contribution in [1.29, 1.82) is 0 Å². The number of rotatable bonds is 1. The molecule has 0 saturated heterocycles. The lowest BCUT2D eigenvalue weighted by Crippen LogP contribution is -2.10. The van der Waals surface area contributed by atoms with Gasteiger partial charge < -0.3 is 0 Å². The Morgan fingerprint density at radius 1 is 1.08 bits per heavy atom. The number of hydrogen-bond acceptors (Lipinski definition) is 0. The molecule has 0 amide bonds. The monoisotopic (exact) mass is 190 g/mol. The van der Waals surface area contributed by atoms with Crippen molar-refractivity contribution >= 4 is 0 Å². The van der Waals surface area contributed by atoms with E-state index in [1.54, 1.807) is 0 Å². The van der Waals surface area contributed by atoms with E-state index in [0.29, 0.717) is 0 Å². The van der Waals surface area contributed by atoms with E-state index < -0.39 is 6.08 Å². The second-order valence-electron chi connectivity index (χ2n) is 3.48. The standard InChI is InChI=1S/C9H14F2.C2H6/c1-7-2-4-8(5-3-7)6-9(10)11;1-2/h6-8H,2-5H2,1H3;1-2H3.